The van der Waals surface area contributed by atoms with E-state index in [2.05, 4.69) is 30.7 Å². The van der Waals surface area contributed by atoms with Crippen LogP contribution in [0.2, 0.25) is 0 Å². The van der Waals surface area contributed by atoms with E-state index in [1.807, 2.05) is 55.5 Å². The number of amides is 2. The third-order valence-corrected chi connectivity index (χ3v) is 6.28. The highest BCUT2D eigenvalue weighted by molar-refractivity contribution is 5.98. The minimum Gasteiger partial charge on any atom is -0.468 e. The van der Waals surface area contributed by atoms with Crippen LogP contribution in [0.5, 0.6) is 17.4 Å². The number of nitrogens with zero attached hydrogens (tertiary/aromatic N) is 5. The predicted molar refractivity (Wildman–Crippen MR) is 157 cm³/mol. The normalized spacial score (nSPS) is 11.4. The highest BCUT2D eigenvalue weighted by atomic mass is 16.7. The van der Waals surface area contributed by atoms with Gasteiger partial charge in [-0.25, -0.2) is 24.3 Å². The molecule has 2 heterocycles. The lowest BCUT2D eigenvalue weighted by Gasteiger charge is -2.22. The molecule has 0 atom stereocenters. The van der Waals surface area contributed by atoms with E-state index in [1.54, 1.807) is 35.0 Å². The van der Waals surface area contributed by atoms with Gasteiger partial charge in [-0.3, -0.25) is 0 Å². The molecular weight excluding hydrogens is 520 g/mol. The molecule has 0 bridgehead atoms. The molecule has 0 spiro atoms. The topological polar surface area (TPSA) is 118 Å². The molecule has 2 amide bonds. The van der Waals surface area contributed by atoms with E-state index in [9.17, 15) is 4.79 Å². The van der Waals surface area contributed by atoms with Gasteiger partial charge in [0.15, 0.2) is 6.79 Å². The summed E-state index contributed by atoms with van der Waals surface area (Å²) in [7, 11) is 0. The number of nitrogens with two attached hydrogens (primary N) is 1. The van der Waals surface area contributed by atoms with Crippen molar-refractivity contribution >= 4 is 28.4 Å². The zero-order chi connectivity index (χ0) is 29.0. The maximum absolute atomic E-state index is 13.0. The Bertz CT molecular complexity index is 1660. The number of carbonyl (C=O) groups excluding carboxylic acids is 1. The van der Waals surface area contributed by atoms with Crippen LogP contribution in [0.15, 0.2) is 85.2 Å². The number of aromatic nitrogens is 4. The first kappa shape index (κ1) is 27.6. The number of fused-ring (bicyclic) bond motifs is 1. The molecule has 0 unspecified atom stereocenters. The highest BCUT2D eigenvalue weighted by Crippen LogP contribution is 2.35. The van der Waals surface area contributed by atoms with Crippen molar-refractivity contribution in [3.05, 3.63) is 90.9 Å². The summed E-state index contributed by atoms with van der Waals surface area (Å²) in [5, 5.41) is 5.50. The molecule has 5 rings (SSSR count). The molecule has 0 fully saturated rings. The van der Waals surface area contributed by atoms with Crippen molar-refractivity contribution in [3.63, 3.8) is 0 Å². The average Bonchev–Trinajstić information content (AvgIpc) is 3.40. The molecule has 10 nitrogen and oxygen atoms in total. The molecular formula is C31H32N6O4. The highest BCUT2D eigenvalue weighted by Gasteiger charge is 2.27. The van der Waals surface area contributed by atoms with Crippen LogP contribution in [-0.2, 0) is 10.2 Å². The summed E-state index contributed by atoms with van der Waals surface area (Å²) < 4.78 is 18.9. The quantitative estimate of drug-likeness (QED) is 0.164. The summed E-state index contributed by atoms with van der Waals surface area (Å²) in [4.78, 5) is 23.1. The number of primary amides is 1. The third-order valence-electron chi connectivity index (χ3n) is 6.28. The van der Waals surface area contributed by atoms with Gasteiger partial charge in [-0.05, 0) is 49.4 Å². The van der Waals surface area contributed by atoms with E-state index < -0.39 is 6.03 Å². The molecule has 0 aliphatic heterocycles. The zero-order valence-corrected chi connectivity index (χ0v) is 23.4. The van der Waals surface area contributed by atoms with Gasteiger partial charge in [0.25, 0.3) is 0 Å². The van der Waals surface area contributed by atoms with Gasteiger partial charge in [0.05, 0.1) is 28.0 Å². The lowest BCUT2D eigenvalue weighted by Crippen LogP contribution is -2.33. The number of anilines is 2. The van der Waals surface area contributed by atoms with E-state index in [0.29, 0.717) is 46.4 Å². The Hall–Kier alpha value is -4.96. The van der Waals surface area contributed by atoms with Gasteiger partial charge in [0, 0.05) is 24.2 Å². The first-order valence-electron chi connectivity index (χ1n) is 13.2. The van der Waals surface area contributed by atoms with Gasteiger partial charge < -0.3 is 19.9 Å². The summed E-state index contributed by atoms with van der Waals surface area (Å²) in [6.45, 7) is 8.78. The van der Waals surface area contributed by atoms with E-state index in [4.69, 9.17) is 25.0 Å². The number of carbonyl (C=O) groups is 1. The Morgan fingerprint density at radius 2 is 1.76 bits per heavy atom. The van der Waals surface area contributed by atoms with Crippen LogP contribution >= 0.6 is 0 Å². The van der Waals surface area contributed by atoms with Crippen molar-refractivity contribution < 1.29 is 19.0 Å². The Morgan fingerprint density at radius 3 is 2.49 bits per heavy atom. The number of rotatable bonds is 9. The summed E-state index contributed by atoms with van der Waals surface area (Å²) in [6, 6.07) is 23.3. The maximum atomic E-state index is 13.0. The van der Waals surface area contributed by atoms with Crippen molar-refractivity contribution in [2.45, 2.75) is 33.1 Å². The second kappa shape index (κ2) is 11.6. The fourth-order valence-corrected chi connectivity index (χ4v) is 4.20. The van der Waals surface area contributed by atoms with Crippen LogP contribution in [-0.4, -0.2) is 39.2 Å². The van der Waals surface area contributed by atoms with Gasteiger partial charge in [0.2, 0.25) is 5.88 Å². The van der Waals surface area contributed by atoms with Crippen LogP contribution in [0.4, 0.5) is 16.3 Å². The molecule has 0 saturated heterocycles. The monoisotopic (exact) mass is 552 g/mol. The fraction of sp³-hybridized carbons (Fsp3) is 0.226. The Balaban J connectivity index is 1.53. The molecule has 5 aromatic rings. The first-order chi connectivity index (χ1) is 19.7. The van der Waals surface area contributed by atoms with Crippen LogP contribution in [0, 0.1) is 0 Å². The van der Waals surface area contributed by atoms with Crippen molar-refractivity contribution in [1.82, 2.24) is 19.7 Å². The van der Waals surface area contributed by atoms with Gasteiger partial charge in [-0.15, -0.1) is 0 Å². The molecule has 0 aliphatic rings. The number of benzene rings is 3. The minimum atomic E-state index is -0.664. The summed E-state index contributed by atoms with van der Waals surface area (Å²) >= 11 is 0. The van der Waals surface area contributed by atoms with Crippen LogP contribution in [0.1, 0.15) is 33.4 Å². The number of hydrogen-bond acceptors (Lipinski definition) is 7. The second-order valence-corrected chi connectivity index (χ2v) is 10.3. The van der Waals surface area contributed by atoms with Crippen LogP contribution in [0.25, 0.3) is 16.6 Å². The number of ether oxygens (including phenoxy) is 3. The van der Waals surface area contributed by atoms with Crippen molar-refractivity contribution in [2.75, 3.05) is 18.3 Å². The number of para-hydroxylation sites is 1. The molecule has 41 heavy (non-hydrogen) atoms. The largest absolute Gasteiger partial charge is 0.468 e. The smallest absolute Gasteiger partial charge is 0.325 e. The summed E-state index contributed by atoms with van der Waals surface area (Å²) in [6.07, 6.45) is 1.43. The number of hydrogen-bond donors (Lipinski definition) is 1. The summed E-state index contributed by atoms with van der Waals surface area (Å²) in [5.41, 5.74) is 8.51. The van der Waals surface area contributed by atoms with E-state index in [1.165, 1.54) is 11.2 Å². The maximum Gasteiger partial charge on any atom is 0.325 e. The lowest BCUT2D eigenvalue weighted by atomic mass is 9.92. The lowest BCUT2D eigenvalue weighted by molar-refractivity contribution is 0.0225. The molecule has 0 aliphatic carbocycles. The number of urea groups is 1. The predicted octanol–water partition coefficient (Wildman–Crippen LogP) is 6.49. The van der Waals surface area contributed by atoms with Crippen molar-refractivity contribution in [1.29, 1.82) is 0 Å². The van der Waals surface area contributed by atoms with E-state index >= 15 is 0 Å². The Kier molecular flexibility index (Phi) is 7.84. The molecule has 0 saturated carbocycles. The van der Waals surface area contributed by atoms with Gasteiger partial charge in [0.1, 0.15) is 23.6 Å². The fourth-order valence-electron chi connectivity index (χ4n) is 4.20. The van der Waals surface area contributed by atoms with Crippen LogP contribution in [0.3, 0.4) is 0 Å². The van der Waals surface area contributed by atoms with Gasteiger partial charge >= 0.3 is 6.03 Å². The van der Waals surface area contributed by atoms with Gasteiger partial charge in [-0.1, -0.05) is 45.0 Å². The van der Waals surface area contributed by atoms with Gasteiger partial charge in [-0.2, -0.15) is 5.10 Å². The van der Waals surface area contributed by atoms with Crippen molar-refractivity contribution in [2.24, 2.45) is 5.73 Å². The van der Waals surface area contributed by atoms with E-state index in [0.717, 1.165) is 11.4 Å². The average molecular weight is 553 g/mol. The standard InChI is InChI=1S/C31H32N6O4/c1-5-39-20-40-23-14-15-26-25(17-23)29(34-19-33-26)41-24-13-9-12-22(16-24)36(30(32)38)28-18-27(31(2,3)4)35-37(28)21-10-7-6-8-11-21/h6-19H,5,20H2,1-4H3,(H2,32,38). The summed E-state index contributed by atoms with van der Waals surface area (Å²) in [5.74, 6) is 1.90. The minimum absolute atomic E-state index is 0.132. The molecule has 0 radical (unpaired) electrons. The Labute approximate surface area is 238 Å². The third kappa shape index (κ3) is 6.12. The molecule has 2 N–H and O–H groups in total. The molecule has 2 aromatic heterocycles. The SMILES string of the molecule is CCOCOc1ccc2ncnc(Oc3cccc(N(C(N)=O)c4cc(C(C)(C)C)nn4-c4ccccc4)c3)c2c1. The van der Waals surface area contributed by atoms with Crippen LogP contribution < -0.4 is 20.1 Å². The first-order valence-corrected chi connectivity index (χ1v) is 13.2. The van der Waals surface area contributed by atoms with Crippen molar-refractivity contribution in [3.8, 4) is 23.1 Å². The Morgan fingerprint density at radius 1 is 0.951 bits per heavy atom. The van der Waals surface area contributed by atoms with E-state index in [-0.39, 0.29) is 12.2 Å². The molecule has 10 heteroatoms. The molecule has 3 aromatic carbocycles. The second-order valence-electron chi connectivity index (χ2n) is 10.3. The zero-order valence-electron chi connectivity index (χ0n) is 23.4. The molecule has 210 valence electrons.